The minimum atomic E-state index is -0.430. The van der Waals surface area contributed by atoms with Crippen LogP contribution in [0.1, 0.15) is 15.9 Å². The SMILES string of the molecule is COc1ccc(-c2c(/C=C3\Oc4cc(O)cc(O)c4C3=O)c3ccccc3n2C)cc1. The van der Waals surface area contributed by atoms with Crippen LogP contribution >= 0.6 is 0 Å². The molecule has 0 saturated carbocycles. The quantitative estimate of drug-likeness (QED) is 0.468. The van der Waals surface area contributed by atoms with E-state index in [9.17, 15) is 15.0 Å². The van der Waals surface area contributed by atoms with Crippen LogP contribution in [0.2, 0.25) is 0 Å². The number of hydrogen-bond donors (Lipinski definition) is 2. The molecule has 2 heterocycles. The zero-order chi connectivity index (χ0) is 21.7. The first kappa shape index (κ1) is 18.8. The highest BCUT2D eigenvalue weighted by molar-refractivity contribution is 6.17. The average Bonchev–Trinajstić information content (AvgIpc) is 3.23. The van der Waals surface area contributed by atoms with Crippen LogP contribution in [0.3, 0.4) is 0 Å². The van der Waals surface area contributed by atoms with Crippen LogP contribution in [-0.2, 0) is 7.05 Å². The molecule has 0 saturated heterocycles. The Morgan fingerprint density at radius 1 is 1.03 bits per heavy atom. The Labute approximate surface area is 178 Å². The van der Waals surface area contributed by atoms with Gasteiger partial charge < -0.3 is 24.3 Å². The average molecular weight is 413 g/mol. The number of Topliss-reactive ketones (excluding diaryl/α,β-unsaturated/α-hetero) is 1. The number of fused-ring (bicyclic) bond motifs is 2. The summed E-state index contributed by atoms with van der Waals surface area (Å²) in [5.74, 6) is 0.0663. The van der Waals surface area contributed by atoms with Crippen molar-refractivity contribution in [3.8, 4) is 34.3 Å². The largest absolute Gasteiger partial charge is 0.508 e. The fourth-order valence-corrected chi connectivity index (χ4v) is 4.08. The van der Waals surface area contributed by atoms with Crippen LogP contribution in [0.5, 0.6) is 23.0 Å². The van der Waals surface area contributed by atoms with Crippen molar-refractivity contribution in [3.05, 3.63) is 77.5 Å². The molecule has 154 valence electrons. The van der Waals surface area contributed by atoms with Crippen LogP contribution in [0, 0.1) is 0 Å². The van der Waals surface area contributed by atoms with Crippen molar-refractivity contribution in [3.63, 3.8) is 0 Å². The number of rotatable bonds is 3. The third-order valence-electron chi connectivity index (χ3n) is 5.52. The van der Waals surface area contributed by atoms with Crippen molar-refractivity contribution >= 4 is 22.8 Å². The lowest BCUT2D eigenvalue weighted by molar-refractivity contribution is 0.101. The summed E-state index contributed by atoms with van der Waals surface area (Å²) in [4.78, 5) is 12.9. The number of para-hydroxylation sites is 1. The molecule has 1 aromatic heterocycles. The summed E-state index contributed by atoms with van der Waals surface area (Å²) in [6, 6.07) is 18.1. The molecule has 31 heavy (non-hydrogen) atoms. The number of carbonyl (C=O) groups is 1. The first-order valence-corrected chi connectivity index (χ1v) is 9.70. The van der Waals surface area contributed by atoms with Gasteiger partial charge in [0, 0.05) is 35.6 Å². The van der Waals surface area contributed by atoms with Crippen molar-refractivity contribution in [1.29, 1.82) is 0 Å². The lowest BCUT2D eigenvalue weighted by Crippen LogP contribution is -1.99. The summed E-state index contributed by atoms with van der Waals surface area (Å²) < 4.78 is 13.1. The maximum Gasteiger partial charge on any atom is 0.235 e. The summed E-state index contributed by atoms with van der Waals surface area (Å²) in [6.07, 6.45) is 1.70. The van der Waals surface area contributed by atoms with Gasteiger partial charge in [-0.2, -0.15) is 0 Å². The number of aromatic hydroxyl groups is 2. The molecular weight excluding hydrogens is 394 g/mol. The fraction of sp³-hybridized carbons (Fsp3) is 0.0800. The number of hydrogen-bond acceptors (Lipinski definition) is 5. The minimum absolute atomic E-state index is 0.0512. The number of phenols is 2. The number of phenolic OH excluding ortho intramolecular Hbond substituents is 2. The number of aromatic nitrogens is 1. The van der Waals surface area contributed by atoms with E-state index in [0.717, 1.165) is 39.5 Å². The van der Waals surface area contributed by atoms with E-state index in [-0.39, 0.29) is 28.6 Å². The molecule has 0 amide bonds. The van der Waals surface area contributed by atoms with Gasteiger partial charge >= 0.3 is 0 Å². The maximum atomic E-state index is 12.9. The van der Waals surface area contributed by atoms with Gasteiger partial charge in [-0.3, -0.25) is 4.79 Å². The molecule has 6 heteroatoms. The zero-order valence-corrected chi connectivity index (χ0v) is 16.9. The predicted molar refractivity (Wildman–Crippen MR) is 118 cm³/mol. The summed E-state index contributed by atoms with van der Waals surface area (Å²) in [5.41, 5.74) is 3.74. The van der Waals surface area contributed by atoms with Crippen LogP contribution in [0.15, 0.2) is 66.4 Å². The zero-order valence-electron chi connectivity index (χ0n) is 16.9. The molecule has 1 aliphatic heterocycles. The van der Waals surface area contributed by atoms with Gasteiger partial charge in [0.25, 0.3) is 0 Å². The third-order valence-corrected chi connectivity index (χ3v) is 5.52. The second-order valence-corrected chi connectivity index (χ2v) is 7.34. The van der Waals surface area contributed by atoms with Gasteiger partial charge in [-0.25, -0.2) is 0 Å². The molecular formula is C25H19NO5. The van der Waals surface area contributed by atoms with Gasteiger partial charge in [-0.15, -0.1) is 0 Å². The van der Waals surface area contributed by atoms with Crippen molar-refractivity contribution in [2.75, 3.05) is 7.11 Å². The number of ether oxygens (including phenoxy) is 2. The number of benzene rings is 3. The maximum absolute atomic E-state index is 12.9. The first-order valence-electron chi connectivity index (χ1n) is 9.70. The smallest absolute Gasteiger partial charge is 0.235 e. The van der Waals surface area contributed by atoms with Gasteiger partial charge in [-0.1, -0.05) is 18.2 Å². The van der Waals surface area contributed by atoms with Gasteiger partial charge in [-0.05, 0) is 42.0 Å². The molecule has 0 spiro atoms. The van der Waals surface area contributed by atoms with Gasteiger partial charge in [0.15, 0.2) is 5.76 Å². The molecule has 0 unspecified atom stereocenters. The topological polar surface area (TPSA) is 80.9 Å². The summed E-state index contributed by atoms with van der Waals surface area (Å²) in [6.45, 7) is 0. The Bertz CT molecular complexity index is 1380. The second kappa shape index (κ2) is 6.95. The molecule has 5 rings (SSSR count). The van der Waals surface area contributed by atoms with E-state index in [1.165, 1.54) is 6.07 Å². The van der Waals surface area contributed by atoms with E-state index in [4.69, 9.17) is 9.47 Å². The second-order valence-electron chi connectivity index (χ2n) is 7.34. The molecule has 0 fully saturated rings. The molecule has 1 aliphatic rings. The van der Waals surface area contributed by atoms with Gasteiger partial charge in [0.05, 0.1) is 12.8 Å². The normalized spacial score (nSPS) is 14.1. The van der Waals surface area contributed by atoms with Gasteiger partial charge in [0.2, 0.25) is 5.78 Å². The third kappa shape index (κ3) is 2.92. The van der Waals surface area contributed by atoms with Crippen molar-refractivity contribution < 1.29 is 24.5 Å². The van der Waals surface area contributed by atoms with Crippen LogP contribution in [0.25, 0.3) is 28.2 Å². The number of aryl methyl sites for hydroxylation is 1. The van der Waals surface area contributed by atoms with E-state index in [1.54, 1.807) is 13.2 Å². The Morgan fingerprint density at radius 2 is 1.77 bits per heavy atom. The standard InChI is InChI=1S/C25H19NO5/c1-26-19-6-4-3-5-17(19)18(24(26)14-7-9-16(30-2)10-8-14)13-22-25(29)23-20(28)11-15(27)12-21(23)31-22/h3-13,27-28H,1-2H3/b22-13-. The first-order chi connectivity index (χ1) is 15.0. The molecule has 0 atom stereocenters. The summed E-state index contributed by atoms with van der Waals surface area (Å²) in [7, 11) is 3.59. The number of methoxy groups -OCH3 is 1. The Morgan fingerprint density at radius 3 is 2.52 bits per heavy atom. The van der Waals surface area contributed by atoms with E-state index in [0.29, 0.717) is 0 Å². The van der Waals surface area contributed by atoms with Crippen molar-refractivity contribution in [2.45, 2.75) is 0 Å². The molecule has 3 aromatic carbocycles. The summed E-state index contributed by atoms with van der Waals surface area (Å²) in [5, 5.41) is 20.8. The Balaban J connectivity index is 1.72. The molecule has 6 nitrogen and oxygen atoms in total. The van der Waals surface area contributed by atoms with E-state index in [1.807, 2.05) is 55.6 Å². The number of ketones is 1. The fourth-order valence-electron chi connectivity index (χ4n) is 4.08. The minimum Gasteiger partial charge on any atom is -0.508 e. The predicted octanol–water partition coefficient (Wildman–Crippen LogP) is 4.88. The van der Waals surface area contributed by atoms with E-state index < -0.39 is 5.78 Å². The number of carbonyl (C=O) groups excluding carboxylic acids is 1. The lowest BCUT2D eigenvalue weighted by Gasteiger charge is -2.08. The molecule has 0 bridgehead atoms. The highest BCUT2D eigenvalue weighted by Gasteiger charge is 2.32. The monoisotopic (exact) mass is 413 g/mol. The molecule has 0 radical (unpaired) electrons. The van der Waals surface area contributed by atoms with Gasteiger partial charge in [0.1, 0.15) is 28.6 Å². The molecule has 2 N–H and O–H groups in total. The molecule has 0 aliphatic carbocycles. The lowest BCUT2D eigenvalue weighted by atomic mass is 10.0. The number of allylic oxidation sites excluding steroid dienone is 1. The number of nitrogens with zero attached hydrogens (tertiary/aromatic N) is 1. The van der Waals surface area contributed by atoms with Crippen LogP contribution in [0.4, 0.5) is 0 Å². The highest BCUT2D eigenvalue weighted by atomic mass is 16.5. The Kier molecular flexibility index (Phi) is 4.22. The van der Waals surface area contributed by atoms with Crippen LogP contribution in [-0.4, -0.2) is 27.7 Å². The summed E-state index contributed by atoms with van der Waals surface area (Å²) >= 11 is 0. The highest BCUT2D eigenvalue weighted by Crippen LogP contribution is 2.42. The van der Waals surface area contributed by atoms with Crippen LogP contribution < -0.4 is 9.47 Å². The molecule has 4 aromatic rings. The van der Waals surface area contributed by atoms with E-state index >= 15 is 0 Å². The van der Waals surface area contributed by atoms with E-state index in [2.05, 4.69) is 4.57 Å². The van der Waals surface area contributed by atoms with Crippen molar-refractivity contribution in [2.24, 2.45) is 7.05 Å². The Hall–Kier alpha value is -4.19. The van der Waals surface area contributed by atoms with Crippen molar-refractivity contribution in [1.82, 2.24) is 4.57 Å².